The van der Waals surface area contributed by atoms with Gasteiger partial charge >= 0.3 is 5.97 Å². The van der Waals surface area contributed by atoms with E-state index in [-0.39, 0.29) is 22.9 Å². The number of methoxy groups -OCH3 is 2. The van der Waals surface area contributed by atoms with E-state index in [9.17, 15) is 22.0 Å². The van der Waals surface area contributed by atoms with Gasteiger partial charge in [0.15, 0.2) is 0 Å². The number of fused-ring (bicyclic) bond motifs is 1. The molecule has 1 aromatic heterocycles. The van der Waals surface area contributed by atoms with Crippen LogP contribution >= 0.6 is 11.3 Å². The second-order valence-corrected chi connectivity index (χ2v) is 10.3. The fourth-order valence-electron chi connectivity index (χ4n) is 3.56. The van der Waals surface area contributed by atoms with Gasteiger partial charge in [0.2, 0.25) is 0 Å². The molecule has 2 aromatic rings. The molecule has 0 saturated heterocycles. The Kier molecular flexibility index (Phi) is 7.43. The molecule has 1 aliphatic heterocycles. The molecule has 1 N–H and O–H groups in total. The van der Waals surface area contributed by atoms with Crippen LogP contribution < -0.4 is 4.72 Å². The Bertz CT molecular complexity index is 1070. The number of ether oxygens (including phenoxy) is 2. The minimum absolute atomic E-state index is 0.0484. The predicted octanol–water partition coefficient (Wildman–Crippen LogP) is 2.68. The average Bonchev–Trinajstić information content (AvgIpc) is 3.09. The highest BCUT2D eigenvalue weighted by Gasteiger charge is 2.34. The van der Waals surface area contributed by atoms with Gasteiger partial charge in [-0.25, -0.2) is 26.7 Å². The number of nitrogens with one attached hydrogen (secondary N) is 1. The highest BCUT2D eigenvalue weighted by molar-refractivity contribution is 7.91. The Balaban J connectivity index is 1.91. The SMILES string of the molecule is COCC(C)NS(=O)(=O)c1sc2c(c1C(=O)OC)CCN(Cc1ccc(F)cc1F)C2. The smallest absolute Gasteiger partial charge is 0.340 e. The highest BCUT2D eigenvalue weighted by atomic mass is 32.2. The van der Waals surface area contributed by atoms with Gasteiger partial charge in [-0.05, 0) is 25.0 Å². The van der Waals surface area contributed by atoms with Gasteiger partial charge in [-0.3, -0.25) is 4.90 Å². The fourth-order valence-corrected chi connectivity index (χ4v) is 6.73. The van der Waals surface area contributed by atoms with Gasteiger partial charge in [0.05, 0.1) is 19.3 Å². The molecule has 0 spiro atoms. The molecule has 0 fully saturated rings. The average molecular weight is 475 g/mol. The second-order valence-electron chi connectivity index (χ2n) is 7.33. The van der Waals surface area contributed by atoms with E-state index >= 15 is 0 Å². The van der Waals surface area contributed by atoms with E-state index < -0.39 is 33.7 Å². The molecule has 170 valence electrons. The van der Waals surface area contributed by atoms with Crippen molar-refractivity contribution in [2.75, 3.05) is 27.4 Å². The largest absolute Gasteiger partial charge is 0.465 e. The van der Waals surface area contributed by atoms with Gasteiger partial charge in [0, 0.05) is 49.3 Å². The first-order chi connectivity index (χ1) is 14.7. The predicted molar refractivity (Wildman–Crippen MR) is 111 cm³/mol. The molecule has 31 heavy (non-hydrogen) atoms. The Morgan fingerprint density at radius 3 is 2.71 bits per heavy atom. The normalized spacial score (nSPS) is 15.5. The minimum atomic E-state index is -3.98. The Morgan fingerprint density at radius 1 is 1.32 bits per heavy atom. The number of carbonyl (C=O) groups excluding carboxylic acids is 1. The minimum Gasteiger partial charge on any atom is -0.465 e. The van der Waals surface area contributed by atoms with Gasteiger partial charge in [-0.1, -0.05) is 6.07 Å². The van der Waals surface area contributed by atoms with E-state index in [1.807, 2.05) is 4.90 Å². The first-order valence-electron chi connectivity index (χ1n) is 9.56. The highest BCUT2D eigenvalue weighted by Crippen LogP contribution is 2.37. The number of thiophene rings is 1. The van der Waals surface area contributed by atoms with Crippen LogP contribution in [0.2, 0.25) is 0 Å². The van der Waals surface area contributed by atoms with Crippen molar-refractivity contribution in [3.63, 3.8) is 0 Å². The van der Waals surface area contributed by atoms with Gasteiger partial charge in [0.25, 0.3) is 10.0 Å². The monoisotopic (exact) mass is 474 g/mol. The summed E-state index contributed by atoms with van der Waals surface area (Å²) in [6.45, 7) is 2.89. The van der Waals surface area contributed by atoms with E-state index in [2.05, 4.69) is 4.72 Å². The lowest BCUT2D eigenvalue weighted by molar-refractivity contribution is 0.0595. The fraction of sp³-hybridized carbons (Fsp3) is 0.450. The quantitative estimate of drug-likeness (QED) is 0.593. The van der Waals surface area contributed by atoms with Crippen LogP contribution in [-0.2, 0) is 39.0 Å². The number of benzene rings is 1. The summed E-state index contributed by atoms with van der Waals surface area (Å²) in [4.78, 5) is 15.1. The van der Waals surface area contributed by atoms with Crippen LogP contribution in [0.1, 0.15) is 33.3 Å². The van der Waals surface area contributed by atoms with Crippen LogP contribution in [0, 0.1) is 11.6 Å². The zero-order chi connectivity index (χ0) is 22.8. The molecule has 3 rings (SSSR count). The number of hydrogen-bond donors (Lipinski definition) is 1. The molecular weight excluding hydrogens is 450 g/mol. The van der Waals surface area contributed by atoms with Crippen molar-refractivity contribution in [1.82, 2.24) is 9.62 Å². The number of esters is 1. The Labute approximate surface area is 184 Å². The number of rotatable bonds is 8. The van der Waals surface area contributed by atoms with Crippen LogP contribution in [0.25, 0.3) is 0 Å². The second kappa shape index (κ2) is 9.70. The van der Waals surface area contributed by atoms with Crippen LogP contribution in [0.5, 0.6) is 0 Å². The molecule has 0 radical (unpaired) electrons. The number of carbonyl (C=O) groups is 1. The molecule has 1 atom stereocenters. The van der Waals surface area contributed by atoms with Crippen molar-refractivity contribution in [2.45, 2.75) is 36.7 Å². The van der Waals surface area contributed by atoms with Gasteiger partial charge in [0.1, 0.15) is 15.8 Å². The van der Waals surface area contributed by atoms with Crippen molar-refractivity contribution in [3.8, 4) is 0 Å². The molecule has 1 aromatic carbocycles. The lowest BCUT2D eigenvalue weighted by Gasteiger charge is -2.27. The van der Waals surface area contributed by atoms with E-state index in [1.54, 1.807) is 6.92 Å². The van der Waals surface area contributed by atoms with E-state index in [4.69, 9.17) is 9.47 Å². The molecule has 11 heteroatoms. The number of halogens is 2. The molecule has 0 saturated carbocycles. The molecule has 0 amide bonds. The lowest BCUT2D eigenvalue weighted by Crippen LogP contribution is -2.36. The molecule has 1 unspecified atom stereocenters. The topological polar surface area (TPSA) is 84.9 Å². The third-order valence-electron chi connectivity index (χ3n) is 4.92. The summed E-state index contributed by atoms with van der Waals surface area (Å²) in [5.41, 5.74) is 1.03. The van der Waals surface area contributed by atoms with E-state index in [0.29, 0.717) is 35.5 Å². The number of nitrogens with zero attached hydrogens (tertiary/aromatic N) is 1. The summed E-state index contributed by atoms with van der Waals surface area (Å²) in [5, 5.41) is 0. The Hall–Kier alpha value is -1.92. The first kappa shape index (κ1) is 23.7. The Morgan fingerprint density at radius 2 is 2.06 bits per heavy atom. The lowest BCUT2D eigenvalue weighted by atomic mass is 10.0. The van der Waals surface area contributed by atoms with Crippen molar-refractivity contribution < 1.29 is 31.5 Å². The summed E-state index contributed by atoms with van der Waals surface area (Å²) in [5.74, 6) is -1.99. The molecule has 1 aliphatic rings. The van der Waals surface area contributed by atoms with Crippen molar-refractivity contribution in [2.24, 2.45) is 0 Å². The summed E-state index contributed by atoms with van der Waals surface area (Å²) >= 11 is 1.01. The third kappa shape index (κ3) is 5.29. The first-order valence-corrected chi connectivity index (χ1v) is 11.9. The molecule has 7 nitrogen and oxygen atoms in total. The summed E-state index contributed by atoms with van der Waals surface area (Å²) in [7, 11) is -1.31. The number of sulfonamides is 1. The standard InChI is InChI=1S/C20H24F2N2O5S2/c1-12(11-28-2)23-31(26,27)20-18(19(25)29-3)15-6-7-24(10-17(15)30-20)9-13-4-5-14(21)8-16(13)22/h4-5,8,12,23H,6-7,9-11H2,1-3H3. The van der Waals surface area contributed by atoms with E-state index in [0.717, 1.165) is 17.4 Å². The van der Waals surface area contributed by atoms with Crippen LogP contribution in [-0.4, -0.2) is 52.7 Å². The van der Waals surface area contributed by atoms with E-state index in [1.165, 1.54) is 26.4 Å². The maximum atomic E-state index is 14.0. The van der Waals surface area contributed by atoms with Gasteiger partial charge in [-0.15, -0.1) is 11.3 Å². The van der Waals surface area contributed by atoms with Crippen LogP contribution in [0.4, 0.5) is 8.78 Å². The third-order valence-corrected chi connectivity index (χ3v) is 8.24. The maximum Gasteiger partial charge on any atom is 0.340 e. The molecular formula is C20H24F2N2O5S2. The zero-order valence-corrected chi connectivity index (χ0v) is 19.0. The van der Waals surface area contributed by atoms with Crippen molar-refractivity contribution >= 4 is 27.3 Å². The summed E-state index contributed by atoms with van der Waals surface area (Å²) in [6.07, 6.45) is 0.405. The number of hydrogen-bond acceptors (Lipinski definition) is 7. The summed E-state index contributed by atoms with van der Waals surface area (Å²) < 4.78 is 65.4. The van der Waals surface area contributed by atoms with Crippen LogP contribution in [0.3, 0.4) is 0 Å². The van der Waals surface area contributed by atoms with Crippen molar-refractivity contribution in [1.29, 1.82) is 0 Å². The maximum absolute atomic E-state index is 14.0. The van der Waals surface area contributed by atoms with Gasteiger partial charge < -0.3 is 9.47 Å². The summed E-state index contributed by atoms with van der Waals surface area (Å²) in [6, 6.07) is 2.94. The van der Waals surface area contributed by atoms with Crippen LogP contribution in [0.15, 0.2) is 22.4 Å². The molecule has 0 bridgehead atoms. The molecule has 2 heterocycles. The van der Waals surface area contributed by atoms with Gasteiger partial charge in [-0.2, -0.15) is 0 Å². The zero-order valence-electron chi connectivity index (χ0n) is 17.4. The van der Waals surface area contributed by atoms with Crippen molar-refractivity contribution in [3.05, 3.63) is 51.4 Å². The molecule has 0 aliphatic carbocycles.